The van der Waals surface area contributed by atoms with Crippen LogP contribution in [0.1, 0.15) is 11.4 Å². The molecule has 0 fully saturated rings. The van der Waals surface area contributed by atoms with Crippen LogP contribution in [0.25, 0.3) is 10.9 Å². The zero-order valence-electron chi connectivity index (χ0n) is 10.9. The zero-order chi connectivity index (χ0) is 13.9. The van der Waals surface area contributed by atoms with Gasteiger partial charge in [0.1, 0.15) is 18.2 Å². The number of hydrogen-bond acceptors (Lipinski definition) is 5. The topological polar surface area (TPSA) is 79.4 Å². The van der Waals surface area contributed by atoms with E-state index in [4.69, 9.17) is 5.26 Å². The molecular weight excluding hydrogens is 252 g/mol. The van der Waals surface area contributed by atoms with Gasteiger partial charge in [0.2, 0.25) is 0 Å². The zero-order valence-corrected chi connectivity index (χ0v) is 10.9. The molecule has 0 radical (unpaired) electrons. The molecule has 6 nitrogen and oxygen atoms in total. The monoisotopic (exact) mass is 264 g/mol. The highest BCUT2D eigenvalue weighted by Crippen LogP contribution is 2.20. The fraction of sp³-hybridized carbons (Fsp3) is 0.143. The molecule has 0 aliphatic carbocycles. The van der Waals surface area contributed by atoms with E-state index in [1.54, 1.807) is 11.0 Å². The second-order valence-corrected chi connectivity index (χ2v) is 4.32. The van der Waals surface area contributed by atoms with Crippen molar-refractivity contribution in [2.45, 2.75) is 6.54 Å². The lowest BCUT2D eigenvalue weighted by Crippen LogP contribution is -2.06. The number of pyridine rings is 1. The van der Waals surface area contributed by atoms with E-state index in [0.29, 0.717) is 6.54 Å². The Morgan fingerprint density at radius 1 is 1.35 bits per heavy atom. The number of anilines is 1. The molecule has 0 aliphatic heterocycles. The SMILES string of the molecule is CNc1nc2ccccc2cc1Cn1cnc(C#N)n1. The van der Waals surface area contributed by atoms with E-state index >= 15 is 0 Å². The lowest BCUT2D eigenvalue weighted by molar-refractivity contribution is 0.682. The quantitative estimate of drug-likeness (QED) is 0.780. The molecule has 6 heteroatoms. The summed E-state index contributed by atoms with van der Waals surface area (Å²) in [5.74, 6) is 0.975. The van der Waals surface area contributed by atoms with E-state index in [0.717, 1.165) is 22.3 Å². The van der Waals surface area contributed by atoms with Gasteiger partial charge in [-0.15, -0.1) is 5.10 Å². The Kier molecular flexibility index (Phi) is 3.01. The second kappa shape index (κ2) is 4.97. The molecule has 3 aromatic rings. The molecule has 3 rings (SSSR count). The molecule has 1 aromatic carbocycles. The van der Waals surface area contributed by atoms with Crippen LogP contribution in [0, 0.1) is 11.3 Å². The summed E-state index contributed by atoms with van der Waals surface area (Å²) in [6.45, 7) is 0.517. The van der Waals surface area contributed by atoms with Crippen molar-refractivity contribution >= 4 is 16.7 Å². The van der Waals surface area contributed by atoms with E-state index in [2.05, 4.69) is 26.4 Å². The number of nitriles is 1. The Balaban J connectivity index is 2.03. The van der Waals surface area contributed by atoms with Gasteiger partial charge in [-0.05, 0) is 12.1 Å². The highest BCUT2D eigenvalue weighted by atomic mass is 15.3. The number of aromatic nitrogens is 4. The van der Waals surface area contributed by atoms with E-state index in [9.17, 15) is 0 Å². The van der Waals surface area contributed by atoms with Crippen molar-refractivity contribution < 1.29 is 0 Å². The number of para-hydroxylation sites is 1. The van der Waals surface area contributed by atoms with E-state index < -0.39 is 0 Å². The van der Waals surface area contributed by atoms with Crippen molar-refractivity contribution in [3.05, 3.63) is 48.0 Å². The Labute approximate surface area is 115 Å². The summed E-state index contributed by atoms with van der Waals surface area (Å²) in [6, 6.07) is 11.9. The minimum absolute atomic E-state index is 0.171. The van der Waals surface area contributed by atoms with Crippen molar-refractivity contribution in [3.63, 3.8) is 0 Å². The largest absolute Gasteiger partial charge is 0.373 e. The molecule has 98 valence electrons. The third kappa shape index (κ3) is 2.17. The molecule has 0 bridgehead atoms. The first-order valence-electron chi connectivity index (χ1n) is 6.16. The number of benzene rings is 1. The van der Waals surface area contributed by atoms with Crippen molar-refractivity contribution in [1.29, 1.82) is 5.26 Å². The third-order valence-electron chi connectivity index (χ3n) is 3.01. The van der Waals surface area contributed by atoms with Crippen molar-refractivity contribution in [1.82, 2.24) is 19.7 Å². The van der Waals surface area contributed by atoms with Gasteiger partial charge in [0.15, 0.2) is 0 Å². The number of nitrogens with zero attached hydrogens (tertiary/aromatic N) is 5. The third-order valence-corrected chi connectivity index (χ3v) is 3.01. The van der Waals surface area contributed by atoms with Crippen molar-refractivity contribution in [2.24, 2.45) is 0 Å². The average Bonchev–Trinajstić information content (AvgIpc) is 2.94. The first-order valence-corrected chi connectivity index (χ1v) is 6.16. The Morgan fingerprint density at radius 2 is 2.20 bits per heavy atom. The van der Waals surface area contributed by atoms with Gasteiger partial charge in [0, 0.05) is 18.0 Å². The molecular formula is C14H12N6. The van der Waals surface area contributed by atoms with Crippen LogP contribution in [0.5, 0.6) is 0 Å². The van der Waals surface area contributed by atoms with Crippen LogP contribution in [0.15, 0.2) is 36.7 Å². The number of fused-ring (bicyclic) bond motifs is 1. The molecule has 0 unspecified atom stereocenters. The van der Waals surface area contributed by atoms with Crippen LogP contribution in [-0.2, 0) is 6.54 Å². The van der Waals surface area contributed by atoms with Gasteiger partial charge in [-0.3, -0.25) is 0 Å². The molecule has 0 amide bonds. The molecule has 1 N–H and O–H groups in total. The predicted molar refractivity (Wildman–Crippen MR) is 75.1 cm³/mol. The summed E-state index contributed by atoms with van der Waals surface area (Å²) in [7, 11) is 1.84. The van der Waals surface area contributed by atoms with Gasteiger partial charge >= 0.3 is 0 Å². The lowest BCUT2D eigenvalue weighted by Gasteiger charge is -2.09. The van der Waals surface area contributed by atoms with Crippen LogP contribution in [0.4, 0.5) is 5.82 Å². The van der Waals surface area contributed by atoms with Gasteiger partial charge < -0.3 is 5.32 Å². The molecule has 2 heterocycles. The van der Waals surface area contributed by atoms with E-state index in [1.165, 1.54) is 0 Å². The summed E-state index contributed by atoms with van der Waals surface area (Å²) in [5.41, 5.74) is 1.94. The summed E-state index contributed by atoms with van der Waals surface area (Å²) in [6.07, 6.45) is 1.55. The summed E-state index contributed by atoms with van der Waals surface area (Å²) < 4.78 is 1.63. The number of hydrogen-bond donors (Lipinski definition) is 1. The highest BCUT2D eigenvalue weighted by molar-refractivity contribution is 5.81. The summed E-state index contributed by atoms with van der Waals surface area (Å²) >= 11 is 0. The molecule has 0 saturated carbocycles. The highest BCUT2D eigenvalue weighted by Gasteiger charge is 2.08. The van der Waals surface area contributed by atoms with Crippen LogP contribution in [0.3, 0.4) is 0 Å². The minimum Gasteiger partial charge on any atom is -0.373 e. The summed E-state index contributed by atoms with van der Waals surface area (Å²) in [5, 5.41) is 17.0. The fourth-order valence-electron chi connectivity index (χ4n) is 2.09. The van der Waals surface area contributed by atoms with E-state index in [-0.39, 0.29) is 5.82 Å². The first-order chi connectivity index (χ1) is 9.80. The summed E-state index contributed by atoms with van der Waals surface area (Å²) in [4.78, 5) is 8.48. The molecule has 0 atom stereocenters. The normalized spacial score (nSPS) is 10.4. The smallest absolute Gasteiger partial charge is 0.252 e. The van der Waals surface area contributed by atoms with Gasteiger partial charge in [-0.2, -0.15) is 5.26 Å². The van der Waals surface area contributed by atoms with Crippen LogP contribution >= 0.6 is 0 Å². The Hall–Kier alpha value is -2.94. The molecule has 0 saturated heterocycles. The van der Waals surface area contributed by atoms with Crippen molar-refractivity contribution in [3.8, 4) is 6.07 Å². The minimum atomic E-state index is 0.171. The second-order valence-electron chi connectivity index (χ2n) is 4.32. The van der Waals surface area contributed by atoms with Crippen LogP contribution < -0.4 is 5.32 Å². The van der Waals surface area contributed by atoms with Crippen LogP contribution in [0.2, 0.25) is 0 Å². The van der Waals surface area contributed by atoms with E-state index in [1.807, 2.05) is 37.4 Å². The number of rotatable bonds is 3. The number of nitrogens with one attached hydrogen (secondary N) is 1. The van der Waals surface area contributed by atoms with Crippen molar-refractivity contribution in [2.75, 3.05) is 12.4 Å². The predicted octanol–water partition coefficient (Wildman–Crippen LogP) is 1.79. The van der Waals surface area contributed by atoms with Gasteiger partial charge in [0.05, 0.1) is 12.1 Å². The lowest BCUT2D eigenvalue weighted by atomic mass is 10.1. The molecule has 20 heavy (non-hydrogen) atoms. The maximum atomic E-state index is 8.75. The average molecular weight is 264 g/mol. The maximum Gasteiger partial charge on any atom is 0.252 e. The van der Waals surface area contributed by atoms with Gasteiger partial charge in [-0.1, -0.05) is 18.2 Å². The standard InChI is InChI=1S/C14H12N6/c1-16-14-11(8-20-9-17-13(7-15)19-20)6-10-4-2-3-5-12(10)18-14/h2-6,9H,8H2,1H3,(H,16,18). The Morgan fingerprint density at radius 3 is 2.95 bits per heavy atom. The fourth-order valence-corrected chi connectivity index (χ4v) is 2.09. The van der Waals surface area contributed by atoms with Gasteiger partial charge in [0.25, 0.3) is 5.82 Å². The molecule has 0 aliphatic rings. The first kappa shape index (κ1) is 12.1. The maximum absolute atomic E-state index is 8.75. The molecule has 2 aromatic heterocycles. The van der Waals surface area contributed by atoms with Crippen LogP contribution in [-0.4, -0.2) is 26.8 Å². The molecule has 0 spiro atoms. The van der Waals surface area contributed by atoms with Gasteiger partial charge in [-0.25, -0.2) is 14.6 Å². The Bertz CT molecular complexity index is 799.